The highest BCUT2D eigenvalue weighted by Gasteiger charge is 2.48. The molecule has 1 spiro atoms. The summed E-state index contributed by atoms with van der Waals surface area (Å²) in [5.74, 6) is 1.46. The Morgan fingerprint density at radius 2 is 1.92 bits per heavy atom. The number of nitrogens with zero attached hydrogens (tertiary/aromatic N) is 2. The van der Waals surface area contributed by atoms with Gasteiger partial charge in [-0.25, -0.2) is 4.98 Å². The van der Waals surface area contributed by atoms with Crippen molar-refractivity contribution in [1.29, 1.82) is 0 Å². The molecular weight excluding hydrogens is 456 g/mol. The fourth-order valence-electron chi connectivity index (χ4n) is 6.14. The van der Waals surface area contributed by atoms with Crippen LogP contribution in [0.15, 0.2) is 24.3 Å². The molecule has 0 amide bonds. The first-order valence-electron chi connectivity index (χ1n) is 13.2. The van der Waals surface area contributed by atoms with Crippen molar-refractivity contribution in [2.45, 2.75) is 57.1 Å². The highest BCUT2D eigenvalue weighted by molar-refractivity contribution is 5.74. The summed E-state index contributed by atoms with van der Waals surface area (Å²) >= 11 is 0. The van der Waals surface area contributed by atoms with E-state index < -0.39 is 12.0 Å². The minimum absolute atomic E-state index is 0.0567. The van der Waals surface area contributed by atoms with Crippen molar-refractivity contribution >= 4 is 29.0 Å². The Morgan fingerprint density at radius 1 is 1.17 bits per heavy atom. The average molecular weight is 493 g/mol. The van der Waals surface area contributed by atoms with E-state index in [1.165, 1.54) is 5.56 Å². The second-order valence-corrected chi connectivity index (χ2v) is 10.9. The van der Waals surface area contributed by atoms with Gasteiger partial charge in [-0.2, -0.15) is 0 Å². The molecule has 6 N–H and O–H groups in total. The van der Waals surface area contributed by atoms with Crippen LogP contribution in [0.4, 0.5) is 23.0 Å². The van der Waals surface area contributed by atoms with Crippen LogP contribution in [0.1, 0.15) is 50.2 Å². The summed E-state index contributed by atoms with van der Waals surface area (Å²) in [7, 11) is 0. The van der Waals surface area contributed by atoms with Gasteiger partial charge in [-0.3, -0.25) is 4.79 Å². The Labute approximate surface area is 211 Å². The van der Waals surface area contributed by atoms with E-state index in [9.17, 15) is 9.90 Å². The number of pyridine rings is 1. The van der Waals surface area contributed by atoms with Crippen LogP contribution in [0.25, 0.3) is 0 Å². The summed E-state index contributed by atoms with van der Waals surface area (Å²) in [4.78, 5) is 18.5. The molecule has 192 valence electrons. The normalized spacial score (nSPS) is 23.5. The number of carboxylic acid groups (broad SMARTS) is 1. The van der Waals surface area contributed by atoms with Crippen molar-refractivity contribution in [1.82, 2.24) is 10.3 Å². The lowest BCUT2D eigenvalue weighted by Crippen LogP contribution is -2.41. The lowest BCUT2D eigenvalue weighted by molar-refractivity contribution is -0.139. The number of hydrogen-bond donors (Lipinski definition) is 5. The average Bonchev–Trinajstić information content (AvgIpc) is 3.55. The van der Waals surface area contributed by atoms with Crippen LogP contribution in [-0.2, 0) is 16.8 Å². The van der Waals surface area contributed by atoms with E-state index in [0.717, 1.165) is 93.3 Å². The Kier molecular flexibility index (Phi) is 5.63. The van der Waals surface area contributed by atoms with Crippen LogP contribution >= 0.6 is 0 Å². The van der Waals surface area contributed by atoms with Gasteiger partial charge in [0.1, 0.15) is 29.0 Å². The van der Waals surface area contributed by atoms with Crippen LogP contribution in [0.3, 0.4) is 0 Å². The summed E-state index contributed by atoms with van der Waals surface area (Å²) < 4.78 is 6.79. The standard InChI is InChI=1S/C27H36N6O3/c1-2-18-22(36-27(5-6-27)17-3-4-19-20(13-17)30-10-9-29-19)14-23(32-24(18)28)33-11-7-26(8-12-33)15-21(25(34)35)31-16-26/h3-4,13-14,21,29-31H,2,5-12,15-16H2,1H3,(H2,28,32)(H,34,35)/t21-/m0/s1. The molecule has 1 atom stereocenters. The van der Waals surface area contributed by atoms with Gasteiger partial charge in [0.15, 0.2) is 0 Å². The molecule has 1 aromatic heterocycles. The lowest BCUT2D eigenvalue weighted by Gasteiger charge is -2.39. The second kappa shape index (κ2) is 8.73. The molecule has 3 aliphatic heterocycles. The third-order valence-corrected chi connectivity index (χ3v) is 8.57. The quantitative estimate of drug-likeness (QED) is 0.413. The molecule has 9 heteroatoms. The highest BCUT2D eigenvalue weighted by Crippen LogP contribution is 2.52. The summed E-state index contributed by atoms with van der Waals surface area (Å²) in [5.41, 5.74) is 10.6. The minimum atomic E-state index is -0.749. The van der Waals surface area contributed by atoms with Crippen molar-refractivity contribution in [2.24, 2.45) is 5.41 Å². The van der Waals surface area contributed by atoms with Gasteiger partial charge in [-0.1, -0.05) is 13.0 Å². The molecular formula is C27H36N6O3. The summed E-state index contributed by atoms with van der Waals surface area (Å²) in [6.45, 7) is 6.37. The van der Waals surface area contributed by atoms with E-state index in [0.29, 0.717) is 12.2 Å². The molecule has 2 saturated heterocycles. The lowest BCUT2D eigenvalue weighted by atomic mass is 9.76. The number of carbonyl (C=O) groups is 1. The monoisotopic (exact) mass is 492 g/mol. The first kappa shape index (κ1) is 23.2. The number of carboxylic acids is 1. The summed E-state index contributed by atoms with van der Waals surface area (Å²) in [5, 5.41) is 19.5. The van der Waals surface area contributed by atoms with Crippen LogP contribution < -0.4 is 31.3 Å². The summed E-state index contributed by atoms with van der Waals surface area (Å²) in [6.07, 6.45) is 5.29. The van der Waals surface area contributed by atoms with Gasteiger partial charge in [0, 0.05) is 44.4 Å². The Balaban J connectivity index is 1.22. The number of benzene rings is 1. The number of nitrogen functional groups attached to an aromatic ring is 1. The fourth-order valence-corrected chi connectivity index (χ4v) is 6.14. The van der Waals surface area contributed by atoms with Gasteiger partial charge in [0.25, 0.3) is 0 Å². The number of piperidine rings is 1. The maximum Gasteiger partial charge on any atom is 0.320 e. The Morgan fingerprint density at radius 3 is 2.58 bits per heavy atom. The van der Waals surface area contributed by atoms with Crippen molar-refractivity contribution in [3.8, 4) is 5.75 Å². The topological polar surface area (TPSA) is 125 Å². The fraction of sp³-hybridized carbons (Fsp3) is 0.556. The second-order valence-electron chi connectivity index (χ2n) is 10.9. The summed E-state index contributed by atoms with van der Waals surface area (Å²) in [6, 6.07) is 8.17. The zero-order valence-electron chi connectivity index (χ0n) is 20.9. The first-order valence-corrected chi connectivity index (χ1v) is 13.2. The van der Waals surface area contributed by atoms with Gasteiger partial charge in [0.05, 0.1) is 11.4 Å². The van der Waals surface area contributed by atoms with Gasteiger partial charge in [-0.05, 0) is 61.6 Å². The number of fused-ring (bicyclic) bond motifs is 1. The molecule has 0 bridgehead atoms. The molecule has 0 radical (unpaired) electrons. The van der Waals surface area contributed by atoms with Crippen LogP contribution in [0.5, 0.6) is 5.75 Å². The number of aromatic nitrogens is 1. The smallest absolute Gasteiger partial charge is 0.320 e. The first-order chi connectivity index (χ1) is 17.4. The molecule has 36 heavy (non-hydrogen) atoms. The van der Waals surface area contributed by atoms with Crippen molar-refractivity contribution in [3.63, 3.8) is 0 Å². The molecule has 4 aliphatic rings. The number of aliphatic carboxylic acids is 1. The number of rotatable bonds is 6. The predicted octanol–water partition coefficient (Wildman–Crippen LogP) is 3.16. The van der Waals surface area contributed by atoms with Gasteiger partial charge < -0.3 is 36.4 Å². The zero-order valence-corrected chi connectivity index (χ0v) is 20.9. The van der Waals surface area contributed by atoms with Crippen molar-refractivity contribution < 1.29 is 14.6 Å². The van der Waals surface area contributed by atoms with Crippen LogP contribution in [0, 0.1) is 5.41 Å². The Hall–Kier alpha value is -3.20. The van der Waals surface area contributed by atoms with E-state index in [4.69, 9.17) is 15.5 Å². The number of nitrogens with two attached hydrogens (primary N) is 1. The van der Waals surface area contributed by atoms with Gasteiger partial charge >= 0.3 is 5.97 Å². The van der Waals surface area contributed by atoms with Gasteiger partial charge in [0.2, 0.25) is 0 Å². The highest BCUT2D eigenvalue weighted by atomic mass is 16.5. The molecule has 1 aromatic carbocycles. The number of ether oxygens (including phenoxy) is 1. The third-order valence-electron chi connectivity index (χ3n) is 8.57. The van der Waals surface area contributed by atoms with E-state index in [1.807, 2.05) is 0 Å². The molecule has 6 rings (SSSR count). The molecule has 9 nitrogen and oxygen atoms in total. The largest absolute Gasteiger partial charge is 0.482 e. The van der Waals surface area contributed by atoms with Crippen LogP contribution in [0.2, 0.25) is 0 Å². The molecule has 2 aromatic rings. The van der Waals surface area contributed by atoms with Crippen LogP contribution in [-0.4, -0.2) is 54.8 Å². The molecule has 3 fully saturated rings. The zero-order chi connectivity index (χ0) is 24.9. The molecule has 1 saturated carbocycles. The van der Waals surface area contributed by atoms with E-state index in [-0.39, 0.29) is 11.0 Å². The molecule has 0 unspecified atom stereocenters. The minimum Gasteiger partial charge on any atom is -0.482 e. The maximum absolute atomic E-state index is 11.4. The van der Waals surface area contributed by atoms with Crippen molar-refractivity contribution in [3.05, 3.63) is 35.4 Å². The van der Waals surface area contributed by atoms with E-state index in [2.05, 4.69) is 52.0 Å². The SMILES string of the molecule is CCc1c(OC2(c3ccc4c(c3)NCCN4)CC2)cc(N2CCC3(CC2)CN[C@H](C(=O)O)C3)nc1N. The van der Waals surface area contributed by atoms with Crippen molar-refractivity contribution in [2.75, 3.05) is 54.0 Å². The third kappa shape index (κ3) is 4.09. The van der Waals surface area contributed by atoms with E-state index >= 15 is 0 Å². The number of nitrogens with one attached hydrogen (secondary N) is 3. The number of hydrogen-bond acceptors (Lipinski definition) is 8. The Bertz CT molecular complexity index is 1170. The number of anilines is 4. The van der Waals surface area contributed by atoms with Gasteiger partial charge in [-0.15, -0.1) is 0 Å². The predicted molar refractivity (Wildman–Crippen MR) is 141 cm³/mol. The molecule has 1 aliphatic carbocycles. The maximum atomic E-state index is 11.4. The van der Waals surface area contributed by atoms with E-state index in [1.54, 1.807) is 0 Å². The molecule has 4 heterocycles.